The van der Waals surface area contributed by atoms with Gasteiger partial charge in [-0.05, 0) is 27.2 Å². The average molecular weight is 188 g/mol. The Bertz CT molecular complexity index is 190. The summed E-state index contributed by atoms with van der Waals surface area (Å²) < 4.78 is 0. The van der Waals surface area contributed by atoms with E-state index in [0.717, 1.165) is 0 Å². The van der Waals surface area contributed by atoms with Crippen LogP contribution >= 0.6 is 0 Å². The van der Waals surface area contributed by atoms with Gasteiger partial charge in [0.1, 0.15) is 5.78 Å². The molecule has 0 saturated heterocycles. The van der Waals surface area contributed by atoms with Crippen LogP contribution in [0.15, 0.2) is 11.6 Å². The smallest absolute Gasteiger partial charge is 0.330 e. The van der Waals surface area contributed by atoms with E-state index >= 15 is 0 Å². The predicted molar refractivity (Wildman–Crippen MR) is 49.5 cm³/mol. The van der Waals surface area contributed by atoms with Crippen molar-refractivity contribution in [1.82, 2.24) is 0 Å². The number of hydrogen-bond acceptors (Lipinski definition) is 3. The summed E-state index contributed by atoms with van der Waals surface area (Å²) in [5, 5.41) is 16.5. The summed E-state index contributed by atoms with van der Waals surface area (Å²) in [6, 6.07) is 0. The van der Waals surface area contributed by atoms with Crippen molar-refractivity contribution in [3.05, 3.63) is 11.6 Å². The molecule has 4 heteroatoms. The van der Waals surface area contributed by atoms with Crippen molar-refractivity contribution in [2.24, 2.45) is 0 Å². The highest BCUT2D eigenvalue weighted by Gasteiger charge is 1.96. The molecule has 76 valence electrons. The van der Waals surface area contributed by atoms with E-state index in [0.29, 0.717) is 6.42 Å². The third-order valence-corrected chi connectivity index (χ3v) is 0.917. The van der Waals surface area contributed by atoms with E-state index in [1.165, 1.54) is 26.8 Å². The lowest BCUT2D eigenvalue weighted by atomic mass is 10.2. The lowest BCUT2D eigenvalue weighted by Crippen LogP contribution is -1.95. The first-order chi connectivity index (χ1) is 5.91. The van der Waals surface area contributed by atoms with Crippen LogP contribution in [0, 0.1) is 0 Å². The van der Waals surface area contributed by atoms with Crippen LogP contribution in [0.5, 0.6) is 0 Å². The van der Waals surface area contributed by atoms with E-state index in [-0.39, 0.29) is 18.0 Å². The number of carboxylic acids is 1. The van der Waals surface area contributed by atoms with Gasteiger partial charge in [-0.2, -0.15) is 0 Å². The van der Waals surface area contributed by atoms with Crippen LogP contribution in [0.25, 0.3) is 0 Å². The molecule has 4 nitrogen and oxygen atoms in total. The van der Waals surface area contributed by atoms with E-state index < -0.39 is 5.97 Å². The molecular formula is C9H16O4. The molecule has 0 aromatic heterocycles. The lowest BCUT2D eigenvalue weighted by molar-refractivity contribution is -0.132. The van der Waals surface area contributed by atoms with Crippen LogP contribution in [0.1, 0.15) is 27.2 Å². The molecule has 13 heavy (non-hydrogen) atoms. The second kappa shape index (κ2) is 8.93. The van der Waals surface area contributed by atoms with Gasteiger partial charge in [0.15, 0.2) is 0 Å². The maximum absolute atomic E-state index is 10.1. The van der Waals surface area contributed by atoms with Crippen molar-refractivity contribution >= 4 is 11.8 Å². The number of Topliss-reactive ketones (excluding diaryl/α,β-unsaturated/α-hetero) is 1. The Morgan fingerprint density at radius 2 is 1.62 bits per heavy atom. The van der Waals surface area contributed by atoms with Crippen LogP contribution in [0.3, 0.4) is 0 Å². The van der Waals surface area contributed by atoms with Crippen LogP contribution < -0.4 is 0 Å². The lowest BCUT2D eigenvalue weighted by Gasteiger charge is -1.89. The minimum absolute atomic E-state index is 0.00458. The zero-order chi connectivity index (χ0) is 10.9. The number of carboxylic acid groups (broad SMARTS) is 1. The van der Waals surface area contributed by atoms with E-state index in [1.54, 1.807) is 0 Å². The van der Waals surface area contributed by atoms with Gasteiger partial charge in [-0.15, -0.1) is 0 Å². The largest absolute Gasteiger partial charge is 0.478 e. The van der Waals surface area contributed by atoms with Gasteiger partial charge in [0.2, 0.25) is 0 Å². The molecular weight excluding hydrogens is 172 g/mol. The van der Waals surface area contributed by atoms with Gasteiger partial charge in [0, 0.05) is 12.2 Å². The Kier molecular flexibility index (Phi) is 9.87. The number of aliphatic hydroxyl groups is 1. The maximum Gasteiger partial charge on any atom is 0.330 e. The molecule has 0 spiro atoms. The fourth-order valence-corrected chi connectivity index (χ4v) is 0.368. The summed E-state index contributed by atoms with van der Waals surface area (Å²) in [5.41, 5.74) is 0.282. The maximum atomic E-state index is 10.1. The third kappa shape index (κ3) is 18.1. The SMILES string of the molecule is CC(=CCCO)C(=O)O.CC(C)=O. The van der Waals surface area contributed by atoms with Crippen molar-refractivity contribution in [3.63, 3.8) is 0 Å². The zero-order valence-corrected chi connectivity index (χ0v) is 8.20. The first kappa shape index (κ1) is 14.4. The molecule has 0 radical (unpaired) electrons. The van der Waals surface area contributed by atoms with Gasteiger partial charge in [0.05, 0.1) is 0 Å². The normalized spacial score (nSPS) is 10.0. The second-order valence-electron chi connectivity index (χ2n) is 2.61. The average Bonchev–Trinajstić information content (AvgIpc) is 1.98. The van der Waals surface area contributed by atoms with Gasteiger partial charge in [-0.3, -0.25) is 0 Å². The Hall–Kier alpha value is -1.16. The summed E-state index contributed by atoms with van der Waals surface area (Å²) in [5.74, 6) is -0.761. The molecule has 0 aromatic carbocycles. The zero-order valence-electron chi connectivity index (χ0n) is 8.20. The molecule has 0 bridgehead atoms. The van der Waals surface area contributed by atoms with E-state index in [9.17, 15) is 9.59 Å². The quantitative estimate of drug-likeness (QED) is 0.648. The minimum atomic E-state index is -0.927. The summed E-state index contributed by atoms with van der Waals surface area (Å²) in [7, 11) is 0. The number of ketones is 1. The van der Waals surface area contributed by atoms with Gasteiger partial charge < -0.3 is 15.0 Å². The predicted octanol–water partition coefficient (Wildman–Crippen LogP) is 0.995. The van der Waals surface area contributed by atoms with Crippen LogP contribution in [0.2, 0.25) is 0 Å². The van der Waals surface area contributed by atoms with Crippen LogP contribution in [-0.4, -0.2) is 28.6 Å². The first-order valence-electron chi connectivity index (χ1n) is 3.90. The summed E-state index contributed by atoms with van der Waals surface area (Å²) in [4.78, 5) is 19.5. The molecule has 0 aliphatic rings. The third-order valence-electron chi connectivity index (χ3n) is 0.917. The molecule has 0 unspecified atom stereocenters. The molecule has 0 fully saturated rings. The monoisotopic (exact) mass is 188 g/mol. The number of aliphatic carboxylic acids is 1. The standard InChI is InChI=1S/C6H10O3.C3H6O/c1-5(6(8)9)3-2-4-7;1-3(2)4/h3,7H,2,4H2,1H3,(H,8,9);1-2H3. The van der Waals surface area contributed by atoms with Crippen molar-refractivity contribution < 1.29 is 19.8 Å². The fraction of sp³-hybridized carbons (Fsp3) is 0.556. The summed E-state index contributed by atoms with van der Waals surface area (Å²) >= 11 is 0. The topological polar surface area (TPSA) is 74.6 Å². The molecule has 0 aromatic rings. The number of carbonyl (C=O) groups is 2. The molecule has 0 aliphatic carbocycles. The Labute approximate surface area is 77.9 Å². The van der Waals surface area contributed by atoms with Crippen molar-refractivity contribution in [3.8, 4) is 0 Å². The molecule has 0 heterocycles. The summed E-state index contributed by atoms with van der Waals surface area (Å²) in [6.45, 7) is 4.56. The van der Waals surface area contributed by atoms with Crippen LogP contribution in [-0.2, 0) is 9.59 Å². The molecule has 0 amide bonds. The number of aliphatic hydroxyl groups excluding tert-OH is 1. The molecule has 0 aliphatic heterocycles. The van der Waals surface area contributed by atoms with Crippen LogP contribution in [0.4, 0.5) is 0 Å². The fourth-order valence-electron chi connectivity index (χ4n) is 0.368. The molecule has 2 N–H and O–H groups in total. The van der Waals surface area contributed by atoms with E-state index in [2.05, 4.69) is 0 Å². The van der Waals surface area contributed by atoms with Gasteiger partial charge >= 0.3 is 5.97 Å². The Balaban J connectivity index is 0. The number of carbonyl (C=O) groups excluding carboxylic acids is 1. The van der Waals surface area contributed by atoms with Crippen molar-refractivity contribution in [2.75, 3.05) is 6.61 Å². The highest BCUT2D eigenvalue weighted by atomic mass is 16.4. The van der Waals surface area contributed by atoms with Gasteiger partial charge in [-0.1, -0.05) is 6.08 Å². The van der Waals surface area contributed by atoms with Crippen molar-refractivity contribution in [2.45, 2.75) is 27.2 Å². The summed E-state index contributed by atoms with van der Waals surface area (Å²) in [6.07, 6.45) is 1.90. The van der Waals surface area contributed by atoms with Gasteiger partial charge in [0.25, 0.3) is 0 Å². The Morgan fingerprint density at radius 1 is 1.23 bits per heavy atom. The molecule has 0 rings (SSSR count). The number of rotatable bonds is 3. The molecule has 0 atom stereocenters. The highest BCUT2D eigenvalue weighted by molar-refractivity contribution is 5.85. The molecule has 0 saturated carbocycles. The van der Waals surface area contributed by atoms with Crippen molar-refractivity contribution in [1.29, 1.82) is 0 Å². The van der Waals surface area contributed by atoms with E-state index in [4.69, 9.17) is 10.2 Å². The van der Waals surface area contributed by atoms with E-state index in [1.807, 2.05) is 0 Å². The number of hydrogen-bond donors (Lipinski definition) is 2. The minimum Gasteiger partial charge on any atom is -0.478 e. The second-order valence-corrected chi connectivity index (χ2v) is 2.61. The highest BCUT2D eigenvalue weighted by Crippen LogP contribution is 1.93. The Morgan fingerprint density at radius 3 is 1.85 bits per heavy atom. The first-order valence-corrected chi connectivity index (χ1v) is 3.90. The van der Waals surface area contributed by atoms with Gasteiger partial charge in [-0.25, -0.2) is 4.79 Å².